The summed E-state index contributed by atoms with van der Waals surface area (Å²) in [5, 5.41) is 22.4. The minimum atomic E-state index is -1.47. The highest BCUT2D eigenvalue weighted by Gasteiger charge is 2.58. The lowest BCUT2D eigenvalue weighted by atomic mass is 9.95. The Balaban J connectivity index is 1.03. The molecule has 19 nitrogen and oxygen atoms in total. The van der Waals surface area contributed by atoms with Crippen LogP contribution in [0.5, 0.6) is 0 Å². The SMILES string of the molecule is C=CCO[C@@H]1[C@@H](O)[C@H](O[C@@H]2[C@@H](O[C@@H]3O[C@@H](C)[C@H](OCc4ccccc4)[C@@H](OCc4ccccc4)[C@H]3OCc3ccccc3)[C@H](O[C@H]3[C@H](O[C@@H](CCCCC)CCCCCCCCCC(=O)O)O[C@H](C)[C@@H](OCc4ccccc4)[C@@H]3OCc3ccccc3)O[C@H](C)[C@H]2OCc2ccccc2)O[C@H](C)[C@H]1OCc1ccccc1. The molecule has 0 aliphatic carbocycles. The second kappa shape index (κ2) is 45.8. The zero-order valence-corrected chi connectivity index (χ0v) is 65.3. The van der Waals surface area contributed by atoms with Crippen molar-refractivity contribution in [3.05, 3.63) is 264 Å². The molecule has 11 rings (SSSR count). The fraction of sp³-hybridized carbons (Fsp3) is 0.511. The van der Waals surface area contributed by atoms with Crippen molar-refractivity contribution >= 4 is 5.97 Å². The van der Waals surface area contributed by atoms with Gasteiger partial charge in [-0.15, -0.1) is 6.58 Å². The third-order valence-corrected chi connectivity index (χ3v) is 21.1. The summed E-state index contributed by atoms with van der Waals surface area (Å²) in [5.74, 6) is -0.757. The van der Waals surface area contributed by atoms with Gasteiger partial charge in [0.1, 0.15) is 73.2 Å². The Kier molecular flexibility index (Phi) is 35.1. The van der Waals surface area contributed by atoms with Gasteiger partial charge >= 0.3 is 5.97 Å². The Morgan fingerprint density at radius 2 is 0.640 bits per heavy atom. The summed E-state index contributed by atoms with van der Waals surface area (Å²) in [6.45, 7) is 15.3. The largest absolute Gasteiger partial charge is 0.481 e. The van der Waals surface area contributed by atoms with E-state index in [2.05, 4.69) is 13.5 Å². The average Bonchev–Trinajstić information content (AvgIpc) is 0.762. The quantitative estimate of drug-likeness (QED) is 0.0269. The molecule has 7 aromatic carbocycles. The molecule has 0 radical (unpaired) electrons. The van der Waals surface area contributed by atoms with Crippen LogP contribution < -0.4 is 0 Å². The molecule has 19 heteroatoms. The molecule has 21 atom stereocenters. The maximum Gasteiger partial charge on any atom is 0.303 e. The first-order valence-corrected chi connectivity index (χ1v) is 40.3. The molecule has 600 valence electrons. The highest BCUT2D eigenvalue weighted by molar-refractivity contribution is 5.66. The van der Waals surface area contributed by atoms with E-state index in [9.17, 15) is 15.0 Å². The van der Waals surface area contributed by atoms with E-state index in [-0.39, 0.29) is 65.4 Å². The molecular weight excluding hydrogens is 1410 g/mol. The molecule has 4 fully saturated rings. The minimum absolute atomic E-state index is 0.0855. The zero-order chi connectivity index (χ0) is 77.4. The van der Waals surface area contributed by atoms with Gasteiger partial charge in [-0.1, -0.05) is 283 Å². The number of unbranched alkanes of at least 4 members (excludes halogenated alkanes) is 8. The third-order valence-electron chi connectivity index (χ3n) is 21.1. The summed E-state index contributed by atoms with van der Waals surface area (Å²) in [4.78, 5) is 11.3. The van der Waals surface area contributed by atoms with Crippen molar-refractivity contribution in [1.29, 1.82) is 0 Å². The lowest BCUT2D eigenvalue weighted by Crippen LogP contribution is -2.68. The van der Waals surface area contributed by atoms with E-state index < -0.39 is 129 Å². The van der Waals surface area contributed by atoms with E-state index in [1.807, 2.05) is 240 Å². The van der Waals surface area contributed by atoms with Crippen LogP contribution in [0.25, 0.3) is 0 Å². The first-order chi connectivity index (χ1) is 54.4. The number of aliphatic hydroxyl groups excluding tert-OH is 1. The molecule has 0 unspecified atom stereocenters. The van der Waals surface area contributed by atoms with Crippen molar-refractivity contribution in [1.82, 2.24) is 0 Å². The molecule has 4 aliphatic rings. The van der Waals surface area contributed by atoms with Crippen molar-refractivity contribution in [2.45, 2.75) is 293 Å². The Bertz CT molecular complexity index is 3670. The van der Waals surface area contributed by atoms with Crippen LogP contribution in [0, 0.1) is 0 Å². The monoisotopic (exact) mass is 1530 g/mol. The van der Waals surface area contributed by atoms with E-state index in [4.69, 9.17) is 75.8 Å². The minimum Gasteiger partial charge on any atom is -0.481 e. The molecule has 0 saturated carbocycles. The highest BCUT2D eigenvalue weighted by Crippen LogP contribution is 2.42. The van der Waals surface area contributed by atoms with Gasteiger partial charge in [0.15, 0.2) is 25.2 Å². The van der Waals surface area contributed by atoms with Gasteiger partial charge in [-0.3, -0.25) is 4.79 Å². The third kappa shape index (κ3) is 26.0. The second-order valence-corrected chi connectivity index (χ2v) is 29.7. The molecule has 4 heterocycles. The first-order valence-electron chi connectivity index (χ1n) is 40.3. The van der Waals surface area contributed by atoms with Crippen LogP contribution in [-0.4, -0.2) is 152 Å². The summed E-state index contributed by atoms with van der Waals surface area (Å²) in [6.07, 6.45) is -7.92. The number of carbonyl (C=O) groups is 1. The molecule has 2 N–H and O–H groups in total. The second-order valence-electron chi connectivity index (χ2n) is 29.7. The fourth-order valence-electron chi connectivity index (χ4n) is 15.1. The van der Waals surface area contributed by atoms with Crippen LogP contribution >= 0.6 is 0 Å². The Hall–Kier alpha value is -6.93. The number of benzene rings is 7. The van der Waals surface area contributed by atoms with Crippen molar-refractivity contribution in [2.24, 2.45) is 0 Å². The maximum atomic E-state index is 13.1. The van der Waals surface area contributed by atoms with Gasteiger partial charge < -0.3 is 86.0 Å². The van der Waals surface area contributed by atoms with Crippen LogP contribution in [0.15, 0.2) is 225 Å². The van der Waals surface area contributed by atoms with E-state index >= 15 is 0 Å². The lowest BCUT2D eigenvalue weighted by molar-refractivity contribution is -0.414. The zero-order valence-electron chi connectivity index (χ0n) is 65.3. The Labute approximate surface area is 657 Å². The van der Waals surface area contributed by atoms with Crippen molar-refractivity contribution in [3.63, 3.8) is 0 Å². The lowest BCUT2D eigenvalue weighted by Gasteiger charge is -2.52. The predicted octanol–water partition coefficient (Wildman–Crippen LogP) is 16.7. The number of carboxylic acid groups (broad SMARTS) is 1. The summed E-state index contributed by atoms with van der Waals surface area (Å²) < 4.78 is 116. The van der Waals surface area contributed by atoms with Crippen molar-refractivity contribution in [2.75, 3.05) is 6.61 Å². The number of aliphatic hydroxyl groups is 1. The van der Waals surface area contributed by atoms with Gasteiger partial charge in [0.2, 0.25) is 0 Å². The molecule has 0 bridgehead atoms. The molecule has 111 heavy (non-hydrogen) atoms. The van der Waals surface area contributed by atoms with E-state index in [0.29, 0.717) is 6.42 Å². The topological polar surface area (TPSA) is 205 Å². The average molecular weight is 1530 g/mol. The van der Waals surface area contributed by atoms with Gasteiger partial charge in [0.05, 0.1) is 83.4 Å². The van der Waals surface area contributed by atoms with Gasteiger partial charge in [-0.2, -0.15) is 0 Å². The van der Waals surface area contributed by atoms with Crippen LogP contribution in [0.1, 0.15) is 157 Å². The molecule has 0 spiro atoms. The maximum absolute atomic E-state index is 13.1. The predicted molar refractivity (Wildman–Crippen MR) is 421 cm³/mol. The van der Waals surface area contributed by atoms with Gasteiger partial charge in [0.25, 0.3) is 0 Å². The number of rotatable bonds is 46. The summed E-state index contributed by atoms with van der Waals surface area (Å²) >= 11 is 0. The molecule has 0 amide bonds. The normalized spacial score (nSPS) is 28.5. The van der Waals surface area contributed by atoms with Crippen LogP contribution in [0.3, 0.4) is 0 Å². The summed E-state index contributed by atoms with van der Waals surface area (Å²) in [7, 11) is 0. The standard InChI is InChI=1S/C92H118O19/c1-7-9-22-53-75(54-37-13-11-10-12-14-38-55-76(93)94)108-91-87(84(102-62-73-49-33-20-34-50-73)80(66(5)106-91)99-59-70-43-27-17-28-44-70)110-92-88(111-90-86(103-63-74-51-35-21-36-52-74)83(101-61-72-47-31-19-32-48-72)79(65(4)105-90)98-58-69-41-25-16-26-42-69)85(81(67(6)107-92)100-60-71-45-29-18-30-46-71)109-89-77(95)82(96-56-8-2)78(64(3)104-89)97-57-68-39-23-15-24-40-68/h8,15-21,23-36,39-52,64-67,75,77-92,95H,2,7,9-14,22,37-38,53-63H2,1,3-6H3,(H,93,94)/t64-,65+,66-,67-,75+,77-,78-,79+,80-,81-,82-,83-,84+,85+,86-,87-,88-,89+,90+,91+,92+/m1/s1. The van der Waals surface area contributed by atoms with Gasteiger partial charge in [0, 0.05) is 6.42 Å². The van der Waals surface area contributed by atoms with E-state index in [0.717, 1.165) is 110 Å². The Morgan fingerprint density at radius 3 is 1.02 bits per heavy atom. The van der Waals surface area contributed by atoms with E-state index in [1.165, 1.54) is 0 Å². The molecule has 7 aromatic rings. The van der Waals surface area contributed by atoms with Crippen molar-refractivity contribution in [3.8, 4) is 0 Å². The fourth-order valence-corrected chi connectivity index (χ4v) is 15.1. The molecule has 4 aliphatic heterocycles. The van der Waals surface area contributed by atoms with Gasteiger partial charge in [-0.25, -0.2) is 0 Å². The molecule has 0 aromatic heterocycles. The smallest absolute Gasteiger partial charge is 0.303 e. The summed E-state index contributed by atoms with van der Waals surface area (Å²) in [6, 6.07) is 69.7. The highest BCUT2D eigenvalue weighted by atomic mass is 16.8. The molecule has 4 saturated heterocycles. The number of hydrogen-bond donors (Lipinski definition) is 2. The number of ether oxygens (including phenoxy) is 16. The van der Waals surface area contributed by atoms with Gasteiger partial charge in [-0.05, 0) is 85.9 Å². The number of carboxylic acids is 1. The molecular formula is C92H118O19. The number of hydrogen-bond acceptors (Lipinski definition) is 18. The van der Waals surface area contributed by atoms with Crippen molar-refractivity contribution < 1.29 is 90.8 Å². The first kappa shape index (κ1) is 85.0. The summed E-state index contributed by atoms with van der Waals surface area (Å²) in [5.41, 5.74) is 6.48. The van der Waals surface area contributed by atoms with Crippen LogP contribution in [0.2, 0.25) is 0 Å². The van der Waals surface area contributed by atoms with Crippen LogP contribution in [-0.2, 0) is 127 Å². The number of aliphatic carboxylic acids is 1. The van der Waals surface area contributed by atoms with Crippen LogP contribution in [0.4, 0.5) is 0 Å². The van der Waals surface area contributed by atoms with E-state index in [1.54, 1.807) is 6.08 Å². The Morgan fingerprint density at radius 1 is 0.351 bits per heavy atom.